The number of fused-ring (bicyclic) bond motifs is 5. The van der Waals surface area contributed by atoms with Gasteiger partial charge >= 0.3 is 6.01 Å². The minimum atomic E-state index is -0.529. The number of benzene rings is 2. The minimum Gasteiger partial charge on any atom is -0.461 e. The molecule has 4 aliphatic rings. The molecule has 4 saturated heterocycles. The highest BCUT2D eigenvalue weighted by atomic mass is 19.1. The number of pyridine rings is 1. The van der Waals surface area contributed by atoms with Crippen LogP contribution < -0.4 is 20.7 Å². The van der Waals surface area contributed by atoms with Gasteiger partial charge in [0.2, 0.25) is 0 Å². The highest BCUT2D eigenvalue weighted by Crippen LogP contribution is 2.41. The molecule has 0 radical (unpaired) electrons. The number of terminal acetylenes is 1. The van der Waals surface area contributed by atoms with Gasteiger partial charge in [0.15, 0.2) is 5.82 Å². The van der Waals surface area contributed by atoms with Gasteiger partial charge in [-0.15, -0.1) is 6.42 Å². The molecule has 2 aromatic carbocycles. The van der Waals surface area contributed by atoms with Gasteiger partial charge in [0.05, 0.1) is 10.9 Å². The molecule has 41 heavy (non-hydrogen) atoms. The zero-order valence-corrected chi connectivity index (χ0v) is 22.9. The maximum absolute atomic E-state index is 16.7. The molecule has 3 N–H and O–H groups in total. The van der Waals surface area contributed by atoms with Gasteiger partial charge in [0.1, 0.15) is 23.6 Å². The maximum Gasteiger partial charge on any atom is 0.319 e. The van der Waals surface area contributed by atoms with Gasteiger partial charge in [-0.2, -0.15) is 9.97 Å². The van der Waals surface area contributed by atoms with Gasteiger partial charge < -0.3 is 20.7 Å². The van der Waals surface area contributed by atoms with Gasteiger partial charge in [0.25, 0.3) is 0 Å². The summed E-state index contributed by atoms with van der Waals surface area (Å²) in [5, 5.41) is 5.70. The van der Waals surface area contributed by atoms with E-state index in [2.05, 4.69) is 26.0 Å². The summed E-state index contributed by atoms with van der Waals surface area (Å²) >= 11 is 0. The Hall–Kier alpha value is -4.00. The number of nitrogens with two attached hydrogens (primary N) is 1. The van der Waals surface area contributed by atoms with Crippen molar-refractivity contribution in [3.05, 3.63) is 47.9 Å². The molecule has 2 aromatic heterocycles. The molecule has 0 spiro atoms. The summed E-state index contributed by atoms with van der Waals surface area (Å²) in [6.45, 7) is 4.41. The smallest absolute Gasteiger partial charge is 0.319 e. The second-order valence-electron chi connectivity index (χ2n) is 12.0. The summed E-state index contributed by atoms with van der Waals surface area (Å²) in [5.41, 5.74) is 8.36. The third-order valence-electron chi connectivity index (χ3n) is 9.66. The first-order chi connectivity index (χ1) is 20.0. The van der Waals surface area contributed by atoms with E-state index in [1.807, 2.05) is 24.3 Å². The molecule has 2 bridgehead atoms. The van der Waals surface area contributed by atoms with Crippen molar-refractivity contribution in [3.63, 3.8) is 0 Å². The monoisotopic (exact) mass is 549 g/mol. The number of rotatable bonds is 5. The minimum absolute atomic E-state index is 0.0309. The lowest BCUT2D eigenvalue weighted by Crippen LogP contribution is -2.44. The number of aromatic nitrogens is 3. The van der Waals surface area contributed by atoms with E-state index in [0.29, 0.717) is 46.7 Å². The number of nitrogens with zero attached hydrogens (tertiary/aromatic N) is 5. The van der Waals surface area contributed by atoms with E-state index >= 15 is 4.39 Å². The third-order valence-corrected chi connectivity index (χ3v) is 9.66. The van der Waals surface area contributed by atoms with Gasteiger partial charge in [-0.1, -0.05) is 18.1 Å². The lowest BCUT2D eigenvalue weighted by Gasteiger charge is -2.32. The molecule has 8 nitrogen and oxygen atoms in total. The highest BCUT2D eigenvalue weighted by Gasteiger charge is 2.45. The molecule has 6 heterocycles. The van der Waals surface area contributed by atoms with E-state index < -0.39 is 5.82 Å². The van der Waals surface area contributed by atoms with Crippen LogP contribution in [0.25, 0.3) is 32.9 Å². The van der Waals surface area contributed by atoms with Crippen LogP contribution >= 0.6 is 0 Å². The molecule has 208 valence electrons. The highest BCUT2D eigenvalue weighted by molar-refractivity contribution is 6.03. The summed E-state index contributed by atoms with van der Waals surface area (Å²) in [6.07, 6.45) is 13.1. The normalized spacial score (nSPS) is 23.0. The summed E-state index contributed by atoms with van der Waals surface area (Å²) < 4.78 is 23.1. The second-order valence-corrected chi connectivity index (χ2v) is 12.0. The Morgan fingerprint density at radius 1 is 1.20 bits per heavy atom. The molecular formula is C32H32FN7O. The van der Waals surface area contributed by atoms with E-state index in [1.165, 1.54) is 12.8 Å². The lowest BCUT2D eigenvalue weighted by atomic mass is 9.95. The molecule has 4 fully saturated rings. The molecule has 8 rings (SSSR count). The summed E-state index contributed by atoms with van der Waals surface area (Å²) in [6, 6.07) is 10.1. The number of anilines is 2. The van der Waals surface area contributed by atoms with Crippen molar-refractivity contribution < 1.29 is 9.13 Å². The first-order valence-corrected chi connectivity index (χ1v) is 14.6. The summed E-state index contributed by atoms with van der Waals surface area (Å²) in [7, 11) is 0. The number of ether oxygens (including phenoxy) is 1. The van der Waals surface area contributed by atoms with Crippen LogP contribution in [0.2, 0.25) is 0 Å². The van der Waals surface area contributed by atoms with Crippen molar-refractivity contribution in [1.82, 2.24) is 25.2 Å². The zero-order valence-electron chi connectivity index (χ0n) is 22.9. The van der Waals surface area contributed by atoms with Crippen LogP contribution in [0.15, 0.2) is 36.5 Å². The average molecular weight is 550 g/mol. The van der Waals surface area contributed by atoms with Crippen LogP contribution in [0.1, 0.15) is 37.7 Å². The van der Waals surface area contributed by atoms with Crippen LogP contribution in [0.5, 0.6) is 6.01 Å². The molecule has 4 aromatic rings. The fourth-order valence-corrected chi connectivity index (χ4v) is 7.73. The third kappa shape index (κ3) is 3.85. The fourth-order valence-electron chi connectivity index (χ4n) is 7.73. The number of hydrogen-bond acceptors (Lipinski definition) is 8. The molecule has 0 saturated carbocycles. The van der Waals surface area contributed by atoms with Gasteiger partial charge in [-0.05, 0) is 68.8 Å². The van der Waals surface area contributed by atoms with E-state index in [1.54, 1.807) is 12.3 Å². The molecule has 0 amide bonds. The molecule has 0 aliphatic carbocycles. The number of nitrogens with one attached hydrogen (secondary N) is 1. The van der Waals surface area contributed by atoms with E-state index in [0.717, 1.165) is 56.2 Å². The Balaban J connectivity index is 1.28. The quantitative estimate of drug-likeness (QED) is 0.284. The molecule has 0 unspecified atom stereocenters. The Bertz CT molecular complexity index is 1740. The van der Waals surface area contributed by atoms with E-state index in [4.69, 9.17) is 26.9 Å². The SMILES string of the molecule is C#Cc1cccc2cc(N)cc(-c3ncc4c(N5C[C@H]6C[C@@H]5CN6)nc(OCC56CCCN5CCC6)nc4c3F)c12. The predicted octanol–water partition coefficient (Wildman–Crippen LogP) is 4.11. The largest absolute Gasteiger partial charge is 0.461 e. The van der Waals surface area contributed by atoms with Crippen LogP contribution in [0.4, 0.5) is 15.9 Å². The zero-order chi connectivity index (χ0) is 27.7. The fraction of sp³-hybridized carbons (Fsp3) is 0.406. The van der Waals surface area contributed by atoms with Crippen molar-refractivity contribution in [2.24, 2.45) is 0 Å². The Labute approximate surface area is 238 Å². The molecule has 9 heteroatoms. The lowest BCUT2D eigenvalue weighted by molar-refractivity contribution is 0.108. The van der Waals surface area contributed by atoms with E-state index in [9.17, 15) is 0 Å². The van der Waals surface area contributed by atoms with Gasteiger partial charge in [-0.3, -0.25) is 9.88 Å². The summed E-state index contributed by atoms with van der Waals surface area (Å²) in [5.74, 6) is 2.89. The number of nitrogen functional groups attached to an aromatic ring is 1. The van der Waals surface area contributed by atoms with Crippen molar-refractivity contribution in [3.8, 4) is 29.6 Å². The number of hydrogen-bond donors (Lipinski definition) is 2. The predicted molar refractivity (Wildman–Crippen MR) is 158 cm³/mol. The molecular weight excluding hydrogens is 517 g/mol. The van der Waals surface area contributed by atoms with Crippen LogP contribution in [0, 0.1) is 18.2 Å². The molecule has 4 aliphatic heterocycles. The Morgan fingerprint density at radius 3 is 2.80 bits per heavy atom. The first kappa shape index (κ1) is 24.8. The van der Waals surface area contributed by atoms with Crippen LogP contribution in [0.3, 0.4) is 0 Å². The maximum atomic E-state index is 16.7. The Kier molecular flexibility index (Phi) is 5.60. The van der Waals surface area contributed by atoms with Crippen molar-refractivity contribution in [1.29, 1.82) is 0 Å². The summed E-state index contributed by atoms with van der Waals surface area (Å²) in [4.78, 5) is 19.0. The van der Waals surface area contributed by atoms with Crippen LogP contribution in [-0.2, 0) is 0 Å². The number of piperazine rings is 1. The molecule has 2 atom stereocenters. The topological polar surface area (TPSA) is 92.4 Å². The Morgan fingerprint density at radius 2 is 2.05 bits per heavy atom. The van der Waals surface area contributed by atoms with E-state index in [-0.39, 0.29) is 22.8 Å². The van der Waals surface area contributed by atoms with Crippen molar-refractivity contribution in [2.75, 3.05) is 43.4 Å². The van der Waals surface area contributed by atoms with Gasteiger partial charge in [0, 0.05) is 53.6 Å². The number of halogens is 1. The van der Waals surface area contributed by atoms with Gasteiger partial charge in [-0.25, -0.2) is 4.39 Å². The first-order valence-electron chi connectivity index (χ1n) is 14.6. The standard InChI is InChI=1S/C32H32FN7O/c1-2-19-6-3-7-20-12-21(34)13-24(26(19)20)28-27(33)29-25(16-36-28)30(40-17-22-14-23(40)15-35-22)38-31(37-29)41-18-32-8-4-10-39(32)11-5-9-32/h1,3,6-7,12-13,16,22-23,35H,4-5,8-11,14-15,17-18,34H2/t22-,23-/m1/s1. The van der Waals surface area contributed by atoms with Crippen molar-refractivity contribution >= 4 is 33.2 Å². The van der Waals surface area contributed by atoms with Crippen molar-refractivity contribution in [2.45, 2.75) is 49.7 Å². The second kappa shape index (κ2) is 9.26. The van der Waals surface area contributed by atoms with Crippen LogP contribution in [-0.4, -0.2) is 70.3 Å². The average Bonchev–Trinajstić information content (AvgIpc) is 3.77.